The monoisotopic (exact) mass is 263 g/mol. The molecular weight excluding hydrogens is 252 g/mol. The molecule has 2 rings (SSSR count). The fraction of sp³-hybridized carbons (Fsp3) is 0.0714. The maximum absolute atomic E-state index is 13.7. The Morgan fingerprint density at radius 3 is 2.53 bits per heavy atom. The van der Waals surface area contributed by atoms with Crippen molar-refractivity contribution in [2.45, 2.75) is 6.92 Å². The lowest BCUT2D eigenvalue weighted by molar-refractivity contribution is 0.0697. The molecule has 2 aromatic rings. The summed E-state index contributed by atoms with van der Waals surface area (Å²) in [6.07, 6.45) is 0. The molecule has 0 atom stereocenters. The van der Waals surface area contributed by atoms with Gasteiger partial charge in [0.25, 0.3) is 0 Å². The number of rotatable bonds is 3. The topological polar surface area (TPSA) is 49.3 Å². The zero-order valence-electron chi connectivity index (χ0n) is 10.1. The molecule has 0 spiro atoms. The Balaban J connectivity index is 2.42. The zero-order valence-corrected chi connectivity index (χ0v) is 10.1. The van der Waals surface area contributed by atoms with E-state index >= 15 is 0 Å². The van der Waals surface area contributed by atoms with Crippen molar-refractivity contribution in [1.82, 2.24) is 0 Å². The lowest BCUT2D eigenvalue weighted by Crippen LogP contribution is -2.05. The quantitative estimate of drug-likeness (QED) is 0.887. The highest BCUT2D eigenvalue weighted by Crippen LogP contribution is 2.25. The Morgan fingerprint density at radius 2 is 1.89 bits per heavy atom. The molecule has 0 aliphatic heterocycles. The summed E-state index contributed by atoms with van der Waals surface area (Å²) in [5.74, 6) is -2.29. The van der Waals surface area contributed by atoms with Crippen LogP contribution in [0.15, 0.2) is 36.4 Å². The molecule has 19 heavy (non-hydrogen) atoms. The van der Waals surface area contributed by atoms with E-state index in [2.05, 4.69) is 5.32 Å². The number of anilines is 2. The second kappa shape index (κ2) is 5.06. The van der Waals surface area contributed by atoms with Gasteiger partial charge in [0.1, 0.15) is 11.6 Å². The lowest BCUT2D eigenvalue weighted by Gasteiger charge is -2.11. The summed E-state index contributed by atoms with van der Waals surface area (Å²) in [4.78, 5) is 11.0. The summed E-state index contributed by atoms with van der Waals surface area (Å²) < 4.78 is 26.8. The van der Waals surface area contributed by atoms with Crippen molar-refractivity contribution in [3.8, 4) is 0 Å². The molecule has 0 aromatic heterocycles. The molecule has 0 bridgehead atoms. The fourth-order valence-electron chi connectivity index (χ4n) is 1.70. The Bertz CT molecular complexity index is 641. The van der Waals surface area contributed by atoms with Crippen molar-refractivity contribution in [2.24, 2.45) is 0 Å². The average molecular weight is 263 g/mol. The molecule has 5 heteroatoms. The van der Waals surface area contributed by atoms with Crippen LogP contribution in [0.5, 0.6) is 0 Å². The highest BCUT2D eigenvalue weighted by molar-refractivity contribution is 5.95. The van der Waals surface area contributed by atoms with Gasteiger partial charge in [0, 0.05) is 5.69 Å². The Kier molecular flexibility index (Phi) is 3.46. The summed E-state index contributed by atoms with van der Waals surface area (Å²) >= 11 is 0. The van der Waals surface area contributed by atoms with Gasteiger partial charge in [-0.1, -0.05) is 6.07 Å². The normalized spacial score (nSPS) is 10.3. The largest absolute Gasteiger partial charge is 0.478 e. The van der Waals surface area contributed by atoms with E-state index < -0.39 is 11.8 Å². The van der Waals surface area contributed by atoms with Gasteiger partial charge >= 0.3 is 5.97 Å². The number of carboxylic acids is 1. The van der Waals surface area contributed by atoms with Gasteiger partial charge in [0.15, 0.2) is 0 Å². The van der Waals surface area contributed by atoms with E-state index in [1.807, 2.05) is 0 Å². The number of hydrogen-bond acceptors (Lipinski definition) is 2. The number of aryl methyl sites for hydroxylation is 1. The average Bonchev–Trinajstić information content (AvgIpc) is 2.36. The van der Waals surface area contributed by atoms with Crippen molar-refractivity contribution in [3.63, 3.8) is 0 Å². The van der Waals surface area contributed by atoms with Gasteiger partial charge in [0.2, 0.25) is 0 Å². The molecule has 0 fully saturated rings. The second-order valence-corrected chi connectivity index (χ2v) is 4.06. The molecule has 0 amide bonds. The van der Waals surface area contributed by atoms with Crippen molar-refractivity contribution in [3.05, 3.63) is 59.2 Å². The molecule has 0 unspecified atom stereocenters. The van der Waals surface area contributed by atoms with E-state index in [-0.39, 0.29) is 17.1 Å². The number of carboxylic acid groups (broad SMARTS) is 1. The predicted molar refractivity (Wildman–Crippen MR) is 67.8 cm³/mol. The van der Waals surface area contributed by atoms with Crippen LogP contribution in [0.1, 0.15) is 15.9 Å². The first-order chi connectivity index (χ1) is 8.99. The van der Waals surface area contributed by atoms with E-state index in [4.69, 9.17) is 5.11 Å². The lowest BCUT2D eigenvalue weighted by atomic mass is 10.1. The summed E-state index contributed by atoms with van der Waals surface area (Å²) in [7, 11) is 0. The van der Waals surface area contributed by atoms with E-state index in [0.717, 1.165) is 6.07 Å². The number of nitrogens with one attached hydrogen (secondary N) is 1. The van der Waals surface area contributed by atoms with Gasteiger partial charge in [-0.2, -0.15) is 0 Å². The van der Waals surface area contributed by atoms with Crippen LogP contribution < -0.4 is 5.32 Å². The third-order valence-corrected chi connectivity index (χ3v) is 2.67. The van der Waals surface area contributed by atoms with E-state index in [1.165, 1.54) is 30.3 Å². The summed E-state index contributed by atoms with van der Waals surface area (Å²) in [6, 6.07) is 7.90. The standard InChI is InChI=1S/C14H11F2NO2/c1-8-7-9(5-6-11(8)15)17-13-10(14(18)19)3-2-4-12(13)16/h2-7,17H,1H3,(H,18,19). The Labute approximate surface area is 108 Å². The maximum Gasteiger partial charge on any atom is 0.337 e. The molecule has 3 nitrogen and oxygen atoms in total. The first kappa shape index (κ1) is 13.0. The summed E-state index contributed by atoms with van der Waals surface area (Å²) in [6.45, 7) is 1.57. The van der Waals surface area contributed by atoms with Gasteiger partial charge in [-0.15, -0.1) is 0 Å². The number of para-hydroxylation sites is 1. The van der Waals surface area contributed by atoms with Crippen molar-refractivity contribution >= 4 is 17.3 Å². The van der Waals surface area contributed by atoms with E-state index in [9.17, 15) is 13.6 Å². The zero-order chi connectivity index (χ0) is 14.0. The molecule has 0 saturated carbocycles. The third-order valence-electron chi connectivity index (χ3n) is 2.67. The molecule has 0 aliphatic carbocycles. The summed E-state index contributed by atoms with van der Waals surface area (Å²) in [5.41, 5.74) is 0.493. The molecule has 0 heterocycles. The van der Waals surface area contributed by atoms with Crippen LogP contribution >= 0.6 is 0 Å². The van der Waals surface area contributed by atoms with E-state index in [1.54, 1.807) is 6.92 Å². The highest BCUT2D eigenvalue weighted by Gasteiger charge is 2.14. The molecule has 98 valence electrons. The molecule has 0 aliphatic rings. The van der Waals surface area contributed by atoms with Crippen LogP contribution in [0.25, 0.3) is 0 Å². The number of carbonyl (C=O) groups is 1. The van der Waals surface area contributed by atoms with Crippen LogP contribution in [-0.4, -0.2) is 11.1 Å². The first-order valence-electron chi connectivity index (χ1n) is 5.54. The first-order valence-corrected chi connectivity index (χ1v) is 5.54. The maximum atomic E-state index is 13.7. The second-order valence-electron chi connectivity index (χ2n) is 4.06. The predicted octanol–water partition coefficient (Wildman–Crippen LogP) is 3.72. The Hall–Kier alpha value is -2.43. The molecular formula is C14H11F2NO2. The number of benzene rings is 2. The number of halogens is 2. The van der Waals surface area contributed by atoms with Gasteiger partial charge in [-0.3, -0.25) is 0 Å². The number of hydrogen-bond donors (Lipinski definition) is 2. The van der Waals surface area contributed by atoms with Crippen LogP contribution in [0, 0.1) is 18.6 Å². The van der Waals surface area contributed by atoms with E-state index in [0.29, 0.717) is 11.3 Å². The Morgan fingerprint density at radius 1 is 1.16 bits per heavy atom. The fourth-order valence-corrected chi connectivity index (χ4v) is 1.70. The minimum Gasteiger partial charge on any atom is -0.478 e. The highest BCUT2D eigenvalue weighted by atomic mass is 19.1. The van der Waals surface area contributed by atoms with Gasteiger partial charge < -0.3 is 10.4 Å². The molecule has 0 saturated heterocycles. The third kappa shape index (κ3) is 2.70. The molecule has 2 aromatic carbocycles. The van der Waals surface area contributed by atoms with Crippen LogP contribution in [0.3, 0.4) is 0 Å². The minimum atomic E-state index is -1.24. The van der Waals surface area contributed by atoms with Crippen molar-refractivity contribution in [1.29, 1.82) is 0 Å². The molecule has 0 radical (unpaired) electrons. The van der Waals surface area contributed by atoms with Gasteiger partial charge in [-0.05, 0) is 42.8 Å². The van der Waals surface area contributed by atoms with Crippen molar-refractivity contribution in [2.75, 3.05) is 5.32 Å². The van der Waals surface area contributed by atoms with Crippen molar-refractivity contribution < 1.29 is 18.7 Å². The van der Waals surface area contributed by atoms with Gasteiger partial charge in [-0.25, -0.2) is 13.6 Å². The van der Waals surface area contributed by atoms with Crippen LogP contribution in [-0.2, 0) is 0 Å². The minimum absolute atomic E-state index is 0.138. The van der Waals surface area contributed by atoms with Crippen LogP contribution in [0.2, 0.25) is 0 Å². The number of aromatic carboxylic acids is 1. The smallest absolute Gasteiger partial charge is 0.337 e. The SMILES string of the molecule is Cc1cc(Nc2c(F)cccc2C(=O)O)ccc1F. The summed E-state index contributed by atoms with van der Waals surface area (Å²) in [5, 5.41) is 11.7. The van der Waals surface area contributed by atoms with Crippen LogP contribution in [0.4, 0.5) is 20.2 Å². The molecule has 2 N–H and O–H groups in total. The van der Waals surface area contributed by atoms with Gasteiger partial charge in [0.05, 0.1) is 11.3 Å².